The van der Waals surface area contributed by atoms with Gasteiger partial charge >= 0.3 is 0 Å². The van der Waals surface area contributed by atoms with Crippen LogP contribution in [0.25, 0.3) is 0 Å². The maximum atomic E-state index is 13.2. The number of benzene rings is 1. The minimum absolute atomic E-state index is 0.00770. The maximum absolute atomic E-state index is 13.2. The largest absolute Gasteiger partial charge is 0.490 e. The van der Waals surface area contributed by atoms with Gasteiger partial charge in [-0.3, -0.25) is 14.4 Å². The summed E-state index contributed by atoms with van der Waals surface area (Å²) in [6.07, 6.45) is 3.76. The van der Waals surface area contributed by atoms with Gasteiger partial charge in [0.2, 0.25) is 5.75 Å². The van der Waals surface area contributed by atoms with E-state index in [1.165, 1.54) is 0 Å². The molecule has 0 aliphatic carbocycles. The van der Waals surface area contributed by atoms with Crippen molar-refractivity contribution in [2.45, 2.75) is 27.3 Å². The summed E-state index contributed by atoms with van der Waals surface area (Å²) >= 11 is 0. The number of rotatable bonds is 10. The van der Waals surface area contributed by atoms with Crippen LogP contribution in [0.3, 0.4) is 0 Å². The number of carbonyl (C=O) groups is 1. The maximum Gasteiger partial charge on any atom is 0.254 e. The molecule has 8 heteroatoms. The second-order valence-corrected chi connectivity index (χ2v) is 7.00. The lowest BCUT2D eigenvalue weighted by atomic mass is 10.1. The van der Waals surface area contributed by atoms with E-state index in [9.17, 15) is 4.79 Å². The van der Waals surface area contributed by atoms with Crippen LogP contribution in [0.1, 0.15) is 31.1 Å². The van der Waals surface area contributed by atoms with Gasteiger partial charge in [0, 0.05) is 50.7 Å². The number of ether oxygens (including phenoxy) is 3. The van der Waals surface area contributed by atoms with Crippen molar-refractivity contribution >= 4 is 5.91 Å². The molecule has 1 amide bonds. The lowest BCUT2D eigenvalue weighted by molar-refractivity contribution is 0.0631. The molecule has 164 valence electrons. The van der Waals surface area contributed by atoms with Gasteiger partial charge in [0.25, 0.3) is 5.91 Å². The molecule has 2 aromatic rings. The molecular formula is C22H32N4O4. The standard InChI is InChI=1S/C22H32N4O4/c1-4-28-19-16-18(17-20(29-5-2)21(19)30-6-3)22(27)25-13-10-24(11-14-25)12-15-26-9-7-8-23-26/h7-9,16-17H,4-6,10-15H2,1-3H3. The first kappa shape index (κ1) is 22.0. The van der Waals surface area contributed by atoms with Crippen LogP contribution in [0.5, 0.6) is 17.2 Å². The molecule has 0 N–H and O–H groups in total. The van der Waals surface area contributed by atoms with E-state index >= 15 is 0 Å². The molecule has 0 radical (unpaired) electrons. The molecule has 1 aromatic heterocycles. The van der Waals surface area contributed by atoms with Crippen LogP contribution in [0, 0.1) is 0 Å². The zero-order valence-corrected chi connectivity index (χ0v) is 18.2. The van der Waals surface area contributed by atoms with Crippen molar-refractivity contribution in [3.63, 3.8) is 0 Å². The number of nitrogens with zero attached hydrogens (tertiary/aromatic N) is 4. The Bertz CT molecular complexity index is 774. The molecule has 0 atom stereocenters. The first-order chi connectivity index (χ1) is 14.7. The van der Waals surface area contributed by atoms with Gasteiger partial charge in [0.05, 0.1) is 26.4 Å². The molecule has 1 fully saturated rings. The molecule has 1 aromatic carbocycles. The number of amides is 1. The van der Waals surface area contributed by atoms with E-state index in [1.54, 1.807) is 18.3 Å². The van der Waals surface area contributed by atoms with Crippen LogP contribution in [-0.2, 0) is 6.54 Å². The third kappa shape index (κ3) is 5.44. The summed E-state index contributed by atoms with van der Waals surface area (Å²) in [4.78, 5) is 17.4. The smallest absolute Gasteiger partial charge is 0.254 e. The molecule has 3 rings (SSSR count). The normalized spacial score (nSPS) is 14.6. The highest BCUT2D eigenvalue weighted by atomic mass is 16.5. The first-order valence-electron chi connectivity index (χ1n) is 10.7. The summed E-state index contributed by atoms with van der Waals surface area (Å²) in [5.41, 5.74) is 0.565. The van der Waals surface area contributed by atoms with Crippen LogP contribution in [0.15, 0.2) is 30.6 Å². The third-order valence-electron chi connectivity index (χ3n) is 5.02. The minimum Gasteiger partial charge on any atom is -0.490 e. The van der Waals surface area contributed by atoms with Gasteiger partial charge in [0.1, 0.15) is 0 Å². The second-order valence-electron chi connectivity index (χ2n) is 7.00. The van der Waals surface area contributed by atoms with Crippen LogP contribution in [0.2, 0.25) is 0 Å². The van der Waals surface area contributed by atoms with Gasteiger partial charge in [-0.2, -0.15) is 5.10 Å². The van der Waals surface area contributed by atoms with Gasteiger partial charge in [0.15, 0.2) is 11.5 Å². The Labute approximate surface area is 178 Å². The predicted octanol–water partition coefficient (Wildman–Crippen LogP) is 2.54. The van der Waals surface area contributed by atoms with Crippen LogP contribution in [0.4, 0.5) is 0 Å². The number of carbonyl (C=O) groups excluding carboxylic acids is 1. The van der Waals surface area contributed by atoms with Gasteiger partial charge < -0.3 is 19.1 Å². The molecule has 1 saturated heterocycles. The highest BCUT2D eigenvalue weighted by Gasteiger charge is 2.25. The van der Waals surface area contributed by atoms with Crippen LogP contribution in [-0.4, -0.2) is 78.0 Å². The van der Waals surface area contributed by atoms with Gasteiger partial charge in [-0.1, -0.05) is 0 Å². The molecule has 0 spiro atoms. The van der Waals surface area contributed by atoms with E-state index in [4.69, 9.17) is 14.2 Å². The topological polar surface area (TPSA) is 69.1 Å². The fourth-order valence-electron chi connectivity index (χ4n) is 3.55. The molecule has 30 heavy (non-hydrogen) atoms. The molecule has 0 unspecified atom stereocenters. The van der Waals surface area contributed by atoms with Crippen LogP contribution < -0.4 is 14.2 Å². The van der Waals surface area contributed by atoms with E-state index < -0.39 is 0 Å². The van der Waals surface area contributed by atoms with E-state index in [0.29, 0.717) is 55.7 Å². The average Bonchev–Trinajstić information content (AvgIpc) is 3.28. The quantitative estimate of drug-likeness (QED) is 0.593. The number of hydrogen-bond acceptors (Lipinski definition) is 6. The van der Waals surface area contributed by atoms with Crippen molar-refractivity contribution in [2.24, 2.45) is 0 Å². The second kappa shape index (κ2) is 10.9. The average molecular weight is 417 g/mol. The number of aromatic nitrogens is 2. The van der Waals surface area contributed by atoms with Crippen LogP contribution >= 0.6 is 0 Å². The lowest BCUT2D eigenvalue weighted by Crippen LogP contribution is -2.49. The lowest BCUT2D eigenvalue weighted by Gasteiger charge is -2.34. The Morgan fingerprint density at radius 1 is 0.933 bits per heavy atom. The number of hydrogen-bond donors (Lipinski definition) is 0. The zero-order chi connectivity index (χ0) is 21.3. The van der Waals surface area contributed by atoms with E-state index in [-0.39, 0.29) is 5.91 Å². The van der Waals surface area contributed by atoms with Gasteiger partial charge in [-0.15, -0.1) is 0 Å². The predicted molar refractivity (Wildman–Crippen MR) is 115 cm³/mol. The fourth-order valence-corrected chi connectivity index (χ4v) is 3.55. The van der Waals surface area contributed by atoms with Crippen molar-refractivity contribution in [3.8, 4) is 17.2 Å². The van der Waals surface area contributed by atoms with Crippen molar-refractivity contribution < 1.29 is 19.0 Å². The summed E-state index contributed by atoms with van der Waals surface area (Å²) in [7, 11) is 0. The number of piperazine rings is 1. The highest BCUT2D eigenvalue weighted by molar-refractivity contribution is 5.95. The Morgan fingerprint density at radius 3 is 2.10 bits per heavy atom. The summed E-state index contributed by atoms with van der Waals surface area (Å²) in [6, 6.07) is 5.47. The molecule has 1 aliphatic rings. The minimum atomic E-state index is -0.00770. The molecule has 0 saturated carbocycles. The molecule has 1 aliphatic heterocycles. The fraction of sp³-hybridized carbons (Fsp3) is 0.545. The van der Waals surface area contributed by atoms with Crippen molar-refractivity contribution in [1.82, 2.24) is 19.6 Å². The SMILES string of the molecule is CCOc1cc(C(=O)N2CCN(CCn3cccn3)CC2)cc(OCC)c1OCC. The van der Waals surface area contributed by atoms with E-state index in [0.717, 1.165) is 26.2 Å². The molecule has 8 nitrogen and oxygen atoms in total. The first-order valence-corrected chi connectivity index (χ1v) is 10.7. The Kier molecular flexibility index (Phi) is 7.96. The van der Waals surface area contributed by atoms with Crippen molar-refractivity contribution in [3.05, 3.63) is 36.2 Å². The van der Waals surface area contributed by atoms with Crippen molar-refractivity contribution in [1.29, 1.82) is 0 Å². The third-order valence-corrected chi connectivity index (χ3v) is 5.02. The molecule has 2 heterocycles. The van der Waals surface area contributed by atoms with E-state index in [2.05, 4.69) is 10.00 Å². The highest BCUT2D eigenvalue weighted by Crippen LogP contribution is 2.39. The Balaban J connectivity index is 1.66. The summed E-state index contributed by atoms with van der Waals surface area (Å²) in [6.45, 7) is 12.1. The molecule has 0 bridgehead atoms. The Hall–Kier alpha value is -2.74. The monoisotopic (exact) mass is 416 g/mol. The van der Waals surface area contributed by atoms with E-state index in [1.807, 2.05) is 42.6 Å². The van der Waals surface area contributed by atoms with Gasteiger partial charge in [-0.05, 0) is 39.0 Å². The van der Waals surface area contributed by atoms with Crippen molar-refractivity contribution in [2.75, 3.05) is 52.5 Å². The summed E-state index contributed by atoms with van der Waals surface area (Å²) in [5, 5.41) is 4.24. The van der Waals surface area contributed by atoms with Gasteiger partial charge in [-0.25, -0.2) is 0 Å². The summed E-state index contributed by atoms with van der Waals surface area (Å²) in [5.74, 6) is 1.64. The summed E-state index contributed by atoms with van der Waals surface area (Å²) < 4.78 is 19.2. The molecular weight excluding hydrogens is 384 g/mol. The zero-order valence-electron chi connectivity index (χ0n) is 18.2. The Morgan fingerprint density at radius 2 is 1.57 bits per heavy atom.